The van der Waals surface area contributed by atoms with Gasteiger partial charge < -0.3 is 10.2 Å². The summed E-state index contributed by atoms with van der Waals surface area (Å²) in [6.07, 6.45) is 8.57. The molecule has 16 aromatic rings. The molecule has 0 amide bonds. The lowest BCUT2D eigenvalue weighted by molar-refractivity contribution is 0.921. The number of fused-ring (bicyclic) bond motifs is 2. The molecule has 0 saturated heterocycles. The number of anilines is 3. The molecule has 0 aromatic heterocycles. The van der Waals surface area contributed by atoms with Gasteiger partial charge in [0.2, 0.25) is 0 Å². The van der Waals surface area contributed by atoms with Crippen molar-refractivity contribution in [2.24, 2.45) is 0 Å². The van der Waals surface area contributed by atoms with Gasteiger partial charge in [-0.25, -0.2) is 0 Å². The zero-order valence-electron chi connectivity index (χ0n) is 82.0. The van der Waals surface area contributed by atoms with E-state index in [2.05, 4.69) is 505 Å². The lowest BCUT2D eigenvalue weighted by Crippen LogP contribution is -2.23. The molecule has 0 bridgehead atoms. The van der Waals surface area contributed by atoms with Gasteiger partial charge in [-0.05, 0) is 344 Å². The average Bonchev–Trinajstić information content (AvgIpc) is 0.823. The maximum atomic E-state index is 3.78. The number of hydrogen-bond donors (Lipinski definition) is 1. The van der Waals surface area contributed by atoms with E-state index in [4.69, 9.17) is 0 Å². The van der Waals surface area contributed by atoms with Crippen LogP contribution >= 0.6 is 0 Å². The number of rotatable bonds is 14. The molecule has 128 heavy (non-hydrogen) atoms. The topological polar surface area (TPSA) is 15.3 Å². The SMILES string of the molecule is C=CCN(CC=C)c1cc(C)ccc1C.CCCc1ccc(C)cc1.CCc1ccc(C)cc1.CCc1cccc(C)c1.Cc1cc(C)cc(Nc2ccccc2)c1.Cc1ccc(-c2ccc(C)c(C)c2)cc1C.Cc1ccc(-c2ccc(C)cc2)cc1.Cc1ccc(-c2ccc(C)cc2C)c(C)c1.Cc1cccc2c(C)cccc12.Cc1cccc2cccc(C)c12. The first-order chi connectivity index (χ1) is 61.4. The van der Waals surface area contributed by atoms with Crippen LogP contribution in [0.4, 0.5) is 17.1 Å². The summed E-state index contributed by atoms with van der Waals surface area (Å²) in [6, 6.07) is 119. The van der Waals surface area contributed by atoms with E-state index in [0.717, 1.165) is 37.3 Å². The Bertz CT molecular complexity index is 5820. The van der Waals surface area contributed by atoms with Crippen LogP contribution in [-0.4, -0.2) is 13.1 Å². The molecule has 660 valence electrons. The van der Waals surface area contributed by atoms with Crippen LogP contribution in [0.2, 0.25) is 0 Å². The van der Waals surface area contributed by atoms with Gasteiger partial charge in [0.25, 0.3) is 0 Å². The van der Waals surface area contributed by atoms with E-state index in [-0.39, 0.29) is 0 Å². The van der Waals surface area contributed by atoms with Crippen molar-refractivity contribution in [3.8, 4) is 33.4 Å². The number of benzene rings is 16. The Morgan fingerprint density at radius 1 is 0.242 bits per heavy atom. The third kappa shape index (κ3) is 34.5. The van der Waals surface area contributed by atoms with Gasteiger partial charge in [-0.2, -0.15) is 0 Å². The van der Waals surface area contributed by atoms with Gasteiger partial charge in [0, 0.05) is 30.2 Å². The zero-order valence-corrected chi connectivity index (χ0v) is 82.0. The molecule has 16 rings (SSSR count). The molecule has 0 heterocycles. The van der Waals surface area contributed by atoms with Crippen molar-refractivity contribution in [1.29, 1.82) is 0 Å². The predicted octanol–water partition coefficient (Wildman–Crippen LogP) is 35.6. The molecular weight excluding hydrogens is 1540 g/mol. The van der Waals surface area contributed by atoms with Gasteiger partial charge in [-0.1, -0.05) is 382 Å². The van der Waals surface area contributed by atoms with E-state index in [0.29, 0.717) is 0 Å². The molecule has 1 N–H and O–H groups in total. The monoisotopic (exact) mass is 1690 g/mol. The molecule has 0 atom stereocenters. The first-order valence-corrected chi connectivity index (χ1v) is 45.8. The van der Waals surface area contributed by atoms with Crippen LogP contribution in [0.15, 0.2) is 359 Å². The number of para-hydroxylation sites is 1. The molecule has 0 spiro atoms. The molecule has 2 heteroatoms. The van der Waals surface area contributed by atoms with Gasteiger partial charge in [0.1, 0.15) is 0 Å². The molecule has 0 saturated carbocycles. The maximum absolute atomic E-state index is 3.78. The van der Waals surface area contributed by atoms with Crippen molar-refractivity contribution in [1.82, 2.24) is 0 Å². The molecule has 0 fully saturated rings. The zero-order chi connectivity index (χ0) is 93.2. The minimum Gasteiger partial charge on any atom is -0.364 e. The van der Waals surface area contributed by atoms with Crippen LogP contribution in [0, 0.1) is 145 Å². The van der Waals surface area contributed by atoms with Crippen molar-refractivity contribution in [3.63, 3.8) is 0 Å². The Labute approximate surface area is 774 Å². The quantitative estimate of drug-likeness (QED) is 0.109. The number of aryl methyl sites for hydroxylation is 24. The minimum atomic E-state index is 0.857. The van der Waals surface area contributed by atoms with E-state index in [9.17, 15) is 0 Å². The highest BCUT2D eigenvalue weighted by Gasteiger charge is 2.09. The lowest BCUT2D eigenvalue weighted by atomic mass is 9.94. The van der Waals surface area contributed by atoms with Crippen LogP contribution in [0.25, 0.3) is 54.9 Å². The summed E-state index contributed by atoms with van der Waals surface area (Å²) in [5.74, 6) is 0. The molecular formula is C126H146N2. The largest absolute Gasteiger partial charge is 0.364 e. The summed E-state index contributed by atoms with van der Waals surface area (Å²) < 4.78 is 0. The van der Waals surface area contributed by atoms with Gasteiger partial charge >= 0.3 is 0 Å². The fourth-order valence-electron chi connectivity index (χ4n) is 15.1. The van der Waals surface area contributed by atoms with Crippen LogP contribution in [-0.2, 0) is 19.3 Å². The second kappa shape index (κ2) is 53.6. The second-order valence-corrected chi connectivity index (χ2v) is 34.5. The molecule has 0 aliphatic rings. The Hall–Kier alpha value is -12.9. The normalized spacial score (nSPS) is 10.1. The third-order valence-electron chi connectivity index (χ3n) is 22.9. The summed E-state index contributed by atoms with van der Waals surface area (Å²) in [6.45, 7) is 60.8. The van der Waals surface area contributed by atoms with Crippen LogP contribution in [0.3, 0.4) is 0 Å². The Morgan fingerprint density at radius 3 is 1.02 bits per heavy atom. The first-order valence-electron chi connectivity index (χ1n) is 45.8. The number of nitrogens with one attached hydrogen (secondary N) is 1. The fourth-order valence-corrected chi connectivity index (χ4v) is 15.1. The fraction of sp³-hybridized carbons (Fsp3) is 0.238. The Morgan fingerprint density at radius 2 is 0.617 bits per heavy atom. The summed E-state index contributed by atoms with van der Waals surface area (Å²) in [5.41, 5.74) is 43.8. The summed E-state index contributed by atoms with van der Waals surface area (Å²) in [7, 11) is 0. The van der Waals surface area contributed by atoms with Gasteiger partial charge in [0.15, 0.2) is 0 Å². The predicted molar refractivity (Wildman–Crippen MR) is 570 cm³/mol. The minimum absolute atomic E-state index is 0.857. The maximum Gasteiger partial charge on any atom is 0.0404 e. The van der Waals surface area contributed by atoms with E-state index in [1.165, 1.54) is 207 Å². The van der Waals surface area contributed by atoms with Crippen LogP contribution in [0.1, 0.15) is 161 Å². The van der Waals surface area contributed by atoms with E-state index >= 15 is 0 Å². The van der Waals surface area contributed by atoms with Crippen molar-refractivity contribution in [2.45, 2.75) is 192 Å². The standard InChI is InChI=1S/2C16H18.C14H15N.C14H19N.C14H14.2C12H12.C10H14.2C9H12/c1-11-5-7-15(9-13(11)3)16-8-6-12(2)14(4)10-16;1-11-5-7-15(13(3)9-11)16-8-6-12(2)10-14(16)4;1-11-8-12(2)10-14(9-11)15-13-6-4-3-5-7-13;1-5-9-15(10-6-2)14-11-12(3)7-8-13(14)4;1-11-3-7-13(8-4-11)14-9-5-12(2)6-10-14;1-9-5-3-8-12-10(2)6-4-7-11(9)12;1-9-5-3-7-11-8-4-6-10(2)12(9)11;1-3-4-10-7-5-9(2)6-8-10;1-3-9-6-4-8(2)5-7-9;1-3-9-6-4-5-8(2)7-9/h2*5-10H,1-4H3;3-10,15H,1-2H3;5-8,11H,1-2,9-10H2,3-4H3;3-10H,1-2H3;2*3-8H,1-2H3;5-8H,3-4H2,1-2H3;2*4-7H,3H2,1-2H3. The molecule has 0 aliphatic carbocycles. The molecule has 2 nitrogen and oxygen atoms in total. The van der Waals surface area contributed by atoms with Crippen LogP contribution < -0.4 is 10.2 Å². The second-order valence-electron chi connectivity index (χ2n) is 34.5. The summed E-state index contributed by atoms with van der Waals surface area (Å²) >= 11 is 0. The molecule has 0 radical (unpaired) electrons. The summed E-state index contributed by atoms with van der Waals surface area (Å²) in [4.78, 5) is 2.27. The van der Waals surface area contributed by atoms with Crippen molar-refractivity contribution < 1.29 is 0 Å². The molecule has 0 aliphatic heterocycles. The molecule has 16 aromatic carbocycles. The number of hydrogen-bond acceptors (Lipinski definition) is 2. The van der Waals surface area contributed by atoms with Gasteiger partial charge in [0.05, 0.1) is 0 Å². The van der Waals surface area contributed by atoms with Crippen LogP contribution in [0.5, 0.6) is 0 Å². The smallest absolute Gasteiger partial charge is 0.0404 e. The van der Waals surface area contributed by atoms with E-state index < -0.39 is 0 Å². The Balaban J connectivity index is 0.000000196. The van der Waals surface area contributed by atoms with Gasteiger partial charge in [-0.3, -0.25) is 0 Å². The summed E-state index contributed by atoms with van der Waals surface area (Å²) in [5, 5.41) is 8.88. The Kier molecular flexibility index (Phi) is 42.8. The van der Waals surface area contributed by atoms with Crippen molar-refractivity contribution in [3.05, 3.63) is 492 Å². The highest BCUT2D eigenvalue weighted by atomic mass is 15.1. The van der Waals surface area contributed by atoms with Crippen molar-refractivity contribution >= 4 is 38.6 Å². The number of nitrogens with zero attached hydrogens (tertiary/aromatic N) is 1. The van der Waals surface area contributed by atoms with E-state index in [1.807, 2.05) is 30.4 Å². The highest BCUT2D eigenvalue weighted by molar-refractivity contribution is 5.89. The first kappa shape index (κ1) is 102. The van der Waals surface area contributed by atoms with E-state index in [1.54, 1.807) is 0 Å². The average molecular weight is 1690 g/mol. The van der Waals surface area contributed by atoms with Crippen molar-refractivity contribution in [2.75, 3.05) is 23.3 Å². The molecule has 0 unspecified atom stereocenters. The highest BCUT2D eigenvalue weighted by Crippen LogP contribution is 2.31. The lowest BCUT2D eigenvalue weighted by Gasteiger charge is -2.24. The van der Waals surface area contributed by atoms with Gasteiger partial charge in [-0.15, -0.1) is 13.2 Å². The third-order valence-corrected chi connectivity index (χ3v) is 22.9.